The number of hydrogen-bond acceptors (Lipinski definition) is 4. The predicted molar refractivity (Wildman–Crippen MR) is 67.3 cm³/mol. The highest BCUT2D eigenvalue weighted by Gasteiger charge is 2.26. The fourth-order valence-electron chi connectivity index (χ4n) is 1.92. The number of benzene rings is 1. The lowest BCUT2D eigenvalue weighted by molar-refractivity contribution is -0.156. The van der Waals surface area contributed by atoms with Crippen molar-refractivity contribution < 1.29 is 23.6 Å². The van der Waals surface area contributed by atoms with E-state index < -0.39 is 22.7 Å². The van der Waals surface area contributed by atoms with Crippen molar-refractivity contribution in [2.45, 2.75) is 11.4 Å². The van der Waals surface area contributed by atoms with E-state index >= 15 is 0 Å². The van der Waals surface area contributed by atoms with Gasteiger partial charge in [-0.05, 0) is 23.8 Å². The van der Waals surface area contributed by atoms with Crippen molar-refractivity contribution in [1.29, 1.82) is 0 Å². The van der Waals surface area contributed by atoms with E-state index in [-0.39, 0.29) is 18.8 Å². The van der Waals surface area contributed by atoms with Crippen LogP contribution in [0, 0.1) is 0 Å². The average Bonchev–Trinajstić information content (AvgIpc) is 2.57. The predicted octanol–water partition coefficient (Wildman–Crippen LogP) is 0.230. The fourth-order valence-corrected chi connectivity index (χ4v) is 3.17. The molecule has 0 bridgehead atoms. The maximum Gasteiger partial charge on any atom is 0.394 e. The third-order valence-corrected chi connectivity index (χ3v) is 4.33. The van der Waals surface area contributed by atoms with Crippen LogP contribution in [-0.2, 0) is 26.9 Å². The van der Waals surface area contributed by atoms with Crippen molar-refractivity contribution in [2.75, 3.05) is 19.4 Å². The smallest absolute Gasteiger partial charge is 0.394 e. The number of hydrogen-bond donors (Lipinski definition) is 1. The van der Waals surface area contributed by atoms with Crippen LogP contribution in [0.4, 0.5) is 0 Å². The zero-order chi connectivity index (χ0) is 14.0. The molecule has 0 aliphatic carbocycles. The Morgan fingerprint density at radius 1 is 1.42 bits per heavy atom. The minimum atomic E-state index is -1.50. The van der Waals surface area contributed by atoms with E-state index in [1.807, 2.05) is 0 Å². The number of amides is 1. The summed E-state index contributed by atoms with van der Waals surface area (Å²) >= 11 is 0. The Morgan fingerprint density at radius 3 is 2.79 bits per heavy atom. The van der Waals surface area contributed by atoms with Crippen LogP contribution in [-0.4, -0.2) is 45.5 Å². The molecule has 1 aromatic rings. The number of carbonyl (C=O) groups is 2. The molecule has 6 nitrogen and oxygen atoms in total. The molecule has 102 valence electrons. The van der Waals surface area contributed by atoms with Crippen molar-refractivity contribution in [3.05, 3.63) is 23.8 Å². The number of nitrogens with zero attached hydrogens (tertiary/aromatic N) is 1. The van der Waals surface area contributed by atoms with Gasteiger partial charge >= 0.3 is 11.9 Å². The molecule has 1 aliphatic heterocycles. The Hall–Kier alpha value is -1.89. The summed E-state index contributed by atoms with van der Waals surface area (Å²) in [5, 5.41) is 8.75. The second kappa shape index (κ2) is 5.40. The minimum absolute atomic E-state index is 0.128. The largest absolute Gasteiger partial charge is 0.497 e. The van der Waals surface area contributed by atoms with Crippen LogP contribution >= 0.6 is 0 Å². The van der Waals surface area contributed by atoms with Gasteiger partial charge in [-0.15, -0.1) is 0 Å². The monoisotopic (exact) mass is 283 g/mol. The first-order valence-electron chi connectivity index (χ1n) is 5.60. The maximum atomic E-state index is 12.0. The second-order valence-electron chi connectivity index (χ2n) is 4.06. The highest BCUT2D eigenvalue weighted by molar-refractivity contribution is 7.85. The summed E-state index contributed by atoms with van der Waals surface area (Å²) < 4.78 is 17.1. The molecule has 0 radical (unpaired) electrons. The zero-order valence-electron chi connectivity index (χ0n) is 10.3. The number of carboxylic acids is 1. The Labute approximate surface area is 112 Å². The van der Waals surface area contributed by atoms with E-state index in [1.54, 1.807) is 18.2 Å². The quantitative estimate of drug-likeness (QED) is 0.746. The van der Waals surface area contributed by atoms with Gasteiger partial charge in [0.1, 0.15) is 5.75 Å². The van der Waals surface area contributed by atoms with E-state index in [1.165, 1.54) is 12.0 Å². The molecule has 19 heavy (non-hydrogen) atoms. The standard InChI is InChI=1S/C12H13NO5S/c1-18-9-2-3-10-8(6-9)7-13(4-5-19(10)17)11(14)12(15)16/h2-3,6H,4-5,7H2,1H3,(H,15,16). The molecule has 1 aromatic carbocycles. The van der Waals surface area contributed by atoms with Crippen molar-refractivity contribution in [1.82, 2.24) is 4.90 Å². The number of aliphatic carboxylic acids is 1. The lowest BCUT2D eigenvalue weighted by Gasteiger charge is -2.17. The van der Waals surface area contributed by atoms with Gasteiger partial charge in [-0.25, -0.2) is 4.79 Å². The first-order chi connectivity index (χ1) is 9.02. The fraction of sp³-hybridized carbons (Fsp3) is 0.333. The summed E-state index contributed by atoms with van der Waals surface area (Å²) in [5.74, 6) is -1.66. The second-order valence-corrected chi connectivity index (χ2v) is 5.59. The molecule has 1 aliphatic rings. The molecule has 1 heterocycles. The lowest BCUT2D eigenvalue weighted by Crippen LogP contribution is -2.37. The number of carboxylic acid groups (broad SMARTS) is 1. The van der Waals surface area contributed by atoms with Gasteiger partial charge in [0.25, 0.3) is 0 Å². The maximum absolute atomic E-state index is 12.0. The van der Waals surface area contributed by atoms with Crippen molar-refractivity contribution in [2.24, 2.45) is 0 Å². The summed E-state index contributed by atoms with van der Waals surface area (Å²) in [7, 11) is 0.274. The molecule has 0 fully saturated rings. The van der Waals surface area contributed by atoms with E-state index in [9.17, 15) is 13.8 Å². The number of fused-ring (bicyclic) bond motifs is 1. The molecule has 0 spiro atoms. The number of ether oxygens (including phenoxy) is 1. The van der Waals surface area contributed by atoms with Crippen molar-refractivity contribution in [3.63, 3.8) is 0 Å². The lowest BCUT2D eigenvalue weighted by atomic mass is 10.2. The van der Waals surface area contributed by atoms with Gasteiger partial charge in [-0.3, -0.25) is 9.00 Å². The van der Waals surface area contributed by atoms with Gasteiger partial charge < -0.3 is 14.7 Å². The van der Waals surface area contributed by atoms with Crippen LogP contribution < -0.4 is 4.74 Å². The Morgan fingerprint density at radius 2 is 2.16 bits per heavy atom. The van der Waals surface area contributed by atoms with Crippen LogP contribution in [0.3, 0.4) is 0 Å². The van der Waals surface area contributed by atoms with E-state index in [4.69, 9.17) is 9.84 Å². The molecule has 1 amide bonds. The van der Waals surface area contributed by atoms with Gasteiger partial charge in [0.2, 0.25) is 0 Å². The summed E-state index contributed by atoms with van der Waals surface area (Å²) in [5.41, 5.74) is 0.657. The van der Waals surface area contributed by atoms with Crippen molar-refractivity contribution >= 4 is 22.7 Å². The SMILES string of the molecule is COc1ccc2c(c1)CN(C(=O)C(=O)O)CCS2=O. The Balaban J connectivity index is 2.37. The van der Waals surface area contributed by atoms with Gasteiger partial charge in [0, 0.05) is 23.7 Å². The molecule has 0 aromatic heterocycles. The van der Waals surface area contributed by atoms with Crippen LogP contribution in [0.5, 0.6) is 5.75 Å². The van der Waals surface area contributed by atoms with Gasteiger partial charge in [-0.1, -0.05) is 0 Å². The number of methoxy groups -OCH3 is 1. The summed E-state index contributed by atoms with van der Waals surface area (Å²) in [4.78, 5) is 24.1. The summed E-state index contributed by atoms with van der Waals surface area (Å²) in [6.07, 6.45) is 0. The molecular formula is C12H13NO5S. The van der Waals surface area contributed by atoms with E-state index in [2.05, 4.69) is 0 Å². The van der Waals surface area contributed by atoms with Crippen molar-refractivity contribution in [3.8, 4) is 5.75 Å². The highest BCUT2D eigenvalue weighted by atomic mass is 32.2. The third kappa shape index (κ3) is 2.76. The molecule has 2 rings (SSSR count). The minimum Gasteiger partial charge on any atom is -0.497 e. The Bertz CT molecular complexity index is 557. The van der Waals surface area contributed by atoms with E-state index in [0.717, 1.165) is 0 Å². The van der Waals surface area contributed by atoms with E-state index in [0.29, 0.717) is 16.2 Å². The molecule has 1 atom stereocenters. The normalized spacial score (nSPS) is 18.4. The van der Waals surface area contributed by atoms with Crippen LogP contribution in [0.1, 0.15) is 5.56 Å². The summed E-state index contributed by atoms with van der Waals surface area (Å²) in [6.45, 7) is 0.290. The number of rotatable bonds is 1. The third-order valence-electron chi connectivity index (χ3n) is 2.89. The van der Waals surface area contributed by atoms with Gasteiger partial charge in [-0.2, -0.15) is 0 Å². The molecule has 1 unspecified atom stereocenters. The molecule has 7 heteroatoms. The van der Waals surface area contributed by atoms with Crippen LogP contribution in [0.2, 0.25) is 0 Å². The molecule has 0 saturated heterocycles. The Kier molecular flexibility index (Phi) is 3.84. The number of carbonyl (C=O) groups excluding carboxylic acids is 1. The topological polar surface area (TPSA) is 83.9 Å². The molecular weight excluding hydrogens is 270 g/mol. The highest BCUT2D eigenvalue weighted by Crippen LogP contribution is 2.24. The zero-order valence-corrected chi connectivity index (χ0v) is 11.1. The molecule has 0 saturated carbocycles. The molecule has 1 N–H and O–H groups in total. The average molecular weight is 283 g/mol. The summed E-state index contributed by atoms with van der Waals surface area (Å²) in [6, 6.07) is 5.07. The first-order valence-corrected chi connectivity index (χ1v) is 6.92. The first kappa shape index (κ1) is 13.5. The van der Waals surface area contributed by atoms with Gasteiger partial charge in [0.15, 0.2) is 0 Å². The van der Waals surface area contributed by atoms with Gasteiger partial charge in [0.05, 0.1) is 17.9 Å². The van der Waals surface area contributed by atoms with Crippen LogP contribution in [0.25, 0.3) is 0 Å². The van der Waals surface area contributed by atoms with Crippen LogP contribution in [0.15, 0.2) is 23.1 Å².